The monoisotopic (exact) mass is 399 g/mol. The summed E-state index contributed by atoms with van der Waals surface area (Å²) in [7, 11) is 2.15. The molecule has 1 aromatic carbocycles. The molecule has 1 fully saturated rings. The number of anilines is 1. The van der Waals surface area contributed by atoms with Gasteiger partial charge in [0.15, 0.2) is 5.82 Å². The summed E-state index contributed by atoms with van der Waals surface area (Å²) in [4.78, 5) is 4.62. The zero-order valence-corrected chi connectivity index (χ0v) is 17.5. The number of hydrogen-bond donors (Lipinski definition) is 0. The van der Waals surface area contributed by atoms with E-state index in [-0.39, 0.29) is 6.04 Å². The van der Waals surface area contributed by atoms with Crippen LogP contribution in [0.1, 0.15) is 23.0 Å². The third kappa shape index (κ3) is 3.41. The summed E-state index contributed by atoms with van der Waals surface area (Å²) in [5.41, 5.74) is 6.53. The Bertz CT molecular complexity index is 1160. The molecule has 3 aromatic heterocycles. The summed E-state index contributed by atoms with van der Waals surface area (Å²) in [6.07, 6.45) is 2.06. The van der Waals surface area contributed by atoms with Crippen molar-refractivity contribution < 1.29 is 0 Å². The molecule has 0 N–H and O–H groups in total. The van der Waals surface area contributed by atoms with Crippen LogP contribution in [-0.2, 0) is 0 Å². The molecule has 30 heavy (non-hydrogen) atoms. The molecule has 0 saturated carbocycles. The molecular weight excluding hydrogens is 374 g/mol. The van der Waals surface area contributed by atoms with Gasteiger partial charge in [-0.3, -0.25) is 4.90 Å². The van der Waals surface area contributed by atoms with Gasteiger partial charge < -0.3 is 4.90 Å². The highest BCUT2D eigenvalue weighted by Gasteiger charge is 2.30. The number of piperazine rings is 1. The Balaban J connectivity index is 1.45. The van der Waals surface area contributed by atoms with Crippen molar-refractivity contribution in [2.45, 2.75) is 19.9 Å². The minimum Gasteiger partial charge on any atom is -0.352 e. The maximum Gasteiger partial charge on any atom is 0.151 e. The summed E-state index contributed by atoms with van der Waals surface area (Å²) in [5, 5.41) is 17.6. The Kier molecular flexibility index (Phi) is 4.67. The second-order valence-electron chi connectivity index (χ2n) is 8.06. The van der Waals surface area contributed by atoms with E-state index in [4.69, 9.17) is 0 Å². The first-order valence-corrected chi connectivity index (χ1v) is 10.3. The fourth-order valence-corrected chi connectivity index (χ4v) is 4.01. The van der Waals surface area contributed by atoms with Gasteiger partial charge in [0.25, 0.3) is 0 Å². The molecule has 1 aliphatic rings. The van der Waals surface area contributed by atoms with Crippen LogP contribution in [0.2, 0.25) is 0 Å². The molecule has 0 bridgehead atoms. The van der Waals surface area contributed by atoms with E-state index >= 15 is 0 Å². The standard InChI is InChI=1S/C23H25N7/c1-16-4-7-18(8-5-16)19-9-10-20-23(26-27-30(20)14-19)21-15-29(13-12-28(21)3)22-11-6-17(2)24-25-22/h4-11,14,21H,12-13,15H2,1-3H3/t21-/m1/s1. The fourth-order valence-electron chi connectivity index (χ4n) is 4.01. The van der Waals surface area contributed by atoms with Crippen LogP contribution in [0.15, 0.2) is 54.7 Å². The van der Waals surface area contributed by atoms with Crippen LogP contribution in [0, 0.1) is 13.8 Å². The molecule has 152 valence electrons. The first-order chi connectivity index (χ1) is 14.6. The van der Waals surface area contributed by atoms with E-state index in [0.717, 1.165) is 47.9 Å². The van der Waals surface area contributed by atoms with E-state index in [1.807, 2.05) is 23.6 Å². The van der Waals surface area contributed by atoms with Gasteiger partial charge in [-0.15, -0.1) is 10.2 Å². The molecule has 4 aromatic rings. The number of rotatable bonds is 3. The van der Waals surface area contributed by atoms with Crippen LogP contribution in [0.5, 0.6) is 0 Å². The molecule has 5 rings (SSSR count). The van der Waals surface area contributed by atoms with Gasteiger partial charge in [-0.1, -0.05) is 41.1 Å². The molecule has 0 amide bonds. The number of hydrogen-bond acceptors (Lipinski definition) is 6. The van der Waals surface area contributed by atoms with Crippen molar-refractivity contribution in [3.8, 4) is 11.1 Å². The van der Waals surface area contributed by atoms with Crippen molar-refractivity contribution in [2.75, 3.05) is 31.6 Å². The molecule has 0 spiro atoms. The molecule has 1 saturated heterocycles. The smallest absolute Gasteiger partial charge is 0.151 e. The number of likely N-dealkylation sites (N-methyl/N-ethyl adjacent to an activating group) is 1. The lowest BCUT2D eigenvalue weighted by Crippen LogP contribution is -2.47. The molecular formula is C23H25N7. The van der Waals surface area contributed by atoms with Gasteiger partial charge in [0.1, 0.15) is 5.69 Å². The summed E-state index contributed by atoms with van der Waals surface area (Å²) >= 11 is 0. The summed E-state index contributed by atoms with van der Waals surface area (Å²) in [6, 6.07) is 17.0. The largest absolute Gasteiger partial charge is 0.352 e. The van der Waals surface area contributed by atoms with E-state index in [1.54, 1.807) is 0 Å². The third-order valence-electron chi connectivity index (χ3n) is 5.90. The van der Waals surface area contributed by atoms with Gasteiger partial charge in [-0.25, -0.2) is 4.52 Å². The van der Waals surface area contributed by atoms with Crippen molar-refractivity contribution in [3.05, 3.63) is 71.7 Å². The molecule has 7 nitrogen and oxygen atoms in total. The zero-order valence-electron chi connectivity index (χ0n) is 17.5. The predicted molar refractivity (Wildman–Crippen MR) is 118 cm³/mol. The predicted octanol–water partition coefficient (Wildman–Crippen LogP) is 3.30. The molecule has 4 heterocycles. The Morgan fingerprint density at radius 2 is 1.63 bits per heavy atom. The van der Waals surface area contributed by atoms with Crippen molar-refractivity contribution in [1.82, 2.24) is 29.9 Å². The average molecular weight is 400 g/mol. The van der Waals surface area contributed by atoms with E-state index in [9.17, 15) is 0 Å². The molecule has 1 atom stereocenters. The van der Waals surface area contributed by atoms with E-state index in [2.05, 4.69) is 86.9 Å². The molecule has 0 aliphatic carbocycles. The lowest BCUT2D eigenvalue weighted by atomic mass is 10.0. The van der Waals surface area contributed by atoms with Gasteiger partial charge in [0.05, 0.1) is 17.3 Å². The Morgan fingerprint density at radius 3 is 2.40 bits per heavy atom. The number of pyridine rings is 1. The number of fused-ring (bicyclic) bond motifs is 1. The topological polar surface area (TPSA) is 62.5 Å². The van der Waals surface area contributed by atoms with Gasteiger partial charge in [-0.05, 0) is 44.7 Å². The van der Waals surface area contributed by atoms with Gasteiger partial charge >= 0.3 is 0 Å². The molecule has 0 radical (unpaired) electrons. The highest BCUT2D eigenvalue weighted by Crippen LogP contribution is 2.29. The highest BCUT2D eigenvalue weighted by atomic mass is 15.4. The van der Waals surface area contributed by atoms with Crippen LogP contribution in [-0.4, -0.2) is 56.6 Å². The zero-order chi connectivity index (χ0) is 20.7. The van der Waals surface area contributed by atoms with E-state index in [0.29, 0.717) is 0 Å². The van der Waals surface area contributed by atoms with Crippen LogP contribution in [0.4, 0.5) is 5.82 Å². The third-order valence-corrected chi connectivity index (χ3v) is 5.90. The van der Waals surface area contributed by atoms with Crippen LogP contribution in [0.3, 0.4) is 0 Å². The normalized spacial score (nSPS) is 17.6. The van der Waals surface area contributed by atoms with Gasteiger partial charge in [0.2, 0.25) is 0 Å². The summed E-state index contributed by atoms with van der Waals surface area (Å²) in [5.74, 6) is 0.914. The SMILES string of the molecule is Cc1ccc(-c2ccc3c([C@H]4CN(c5ccc(C)nn5)CCN4C)nnn3c2)cc1. The van der Waals surface area contributed by atoms with Crippen molar-refractivity contribution in [3.63, 3.8) is 0 Å². The van der Waals surface area contributed by atoms with Crippen LogP contribution >= 0.6 is 0 Å². The van der Waals surface area contributed by atoms with Crippen molar-refractivity contribution in [2.24, 2.45) is 0 Å². The minimum atomic E-state index is 0.143. The van der Waals surface area contributed by atoms with E-state index in [1.165, 1.54) is 11.1 Å². The minimum absolute atomic E-state index is 0.143. The maximum atomic E-state index is 4.57. The van der Waals surface area contributed by atoms with Gasteiger partial charge in [0, 0.05) is 31.4 Å². The Hall–Kier alpha value is -3.32. The lowest BCUT2D eigenvalue weighted by Gasteiger charge is -2.39. The first-order valence-electron chi connectivity index (χ1n) is 10.3. The van der Waals surface area contributed by atoms with Crippen molar-refractivity contribution >= 4 is 11.3 Å². The van der Waals surface area contributed by atoms with Crippen LogP contribution in [0.25, 0.3) is 16.6 Å². The van der Waals surface area contributed by atoms with Crippen molar-refractivity contribution in [1.29, 1.82) is 0 Å². The maximum absolute atomic E-state index is 4.57. The number of aryl methyl sites for hydroxylation is 2. The first kappa shape index (κ1) is 18.7. The second kappa shape index (κ2) is 7.50. The quantitative estimate of drug-likeness (QED) is 0.527. The number of aromatic nitrogens is 5. The molecule has 7 heteroatoms. The molecule has 1 aliphatic heterocycles. The summed E-state index contributed by atoms with van der Waals surface area (Å²) in [6.45, 7) is 6.71. The highest BCUT2D eigenvalue weighted by molar-refractivity contribution is 5.66. The second-order valence-corrected chi connectivity index (χ2v) is 8.06. The average Bonchev–Trinajstić information content (AvgIpc) is 3.18. The summed E-state index contributed by atoms with van der Waals surface area (Å²) < 4.78 is 1.89. The van der Waals surface area contributed by atoms with Gasteiger partial charge in [-0.2, -0.15) is 5.10 Å². The number of nitrogens with zero attached hydrogens (tertiary/aromatic N) is 7. The Labute approximate surface area is 176 Å². The fraction of sp³-hybridized carbons (Fsp3) is 0.304. The number of benzene rings is 1. The van der Waals surface area contributed by atoms with E-state index < -0.39 is 0 Å². The molecule has 0 unspecified atom stereocenters. The van der Waals surface area contributed by atoms with Crippen LogP contribution < -0.4 is 4.90 Å². The Morgan fingerprint density at radius 1 is 0.833 bits per heavy atom. The lowest BCUT2D eigenvalue weighted by molar-refractivity contribution is 0.217.